The van der Waals surface area contributed by atoms with Gasteiger partial charge in [-0.2, -0.15) is 0 Å². The van der Waals surface area contributed by atoms with Crippen LogP contribution in [0.25, 0.3) is 0 Å². The molecule has 0 radical (unpaired) electrons. The Morgan fingerprint density at radius 1 is 0.920 bits per heavy atom. The maximum absolute atomic E-state index is 6.08. The maximum atomic E-state index is 6.08. The Bertz CT molecular complexity index is 626. The molecule has 0 amide bonds. The SMILES string of the molecule is CC(C)C(COCc1ccccc1)c1cccc(C2CCCCC2)c1. The lowest BCUT2D eigenvalue weighted by molar-refractivity contribution is 0.0958. The normalized spacial score (nSPS) is 16.9. The molecule has 0 bridgehead atoms. The van der Waals surface area contributed by atoms with E-state index in [1.54, 1.807) is 5.56 Å². The molecule has 0 heterocycles. The van der Waals surface area contributed by atoms with Crippen molar-refractivity contribution in [1.29, 1.82) is 0 Å². The Labute approximate surface area is 153 Å². The van der Waals surface area contributed by atoms with Crippen LogP contribution in [0.1, 0.15) is 74.5 Å². The van der Waals surface area contributed by atoms with Crippen LogP contribution in [0.3, 0.4) is 0 Å². The molecule has 1 saturated carbocycles. The lowest BCUT2D eigenvalue weighted by atomic mass is 9.81. The van der Waals surface area contributed by atoms with Crippen LogP contribution in [-0.2, 0) is 11.3 Å². The molecule has 1 heteroatoms. The highest BCUT2D eigenvalue weighted by atomic mass is 16.5. The standard InChI is InChI=1S/C24H32O/c1-19(2)24(18-25-17-20-10-5-3-6-11-20)23-15-9-14-22(16-23)21-12-7-4-8-13-21/h3,5-6,9-11,14-16,19,21,24H,4,7-8,12-13,17-18H2,1-2H3. The highest BCUT2D eigenvalue weighted by Crippen LogP contribution is 2.35. The first kappa shape index (κ1) is 18.2. The third-order valence-corrected chi connectivity index (χ3v) is 5.63. The third-order valence-electron chi connectivity index (χ3n) is 5.63. The number of hydrogen-bond acceptors (Lipinski definition) is 1. The summed E-state index contributed by atoms with van der Waals surface area (Å²) in [7, 11) is 0. The molecule has 134 valence electrons. The highest BCUT2D eigenvalue weighted by molar-refractivity contribution is 5.29. The predicted octanol–water partition coefficient (Wildman–Crippen LogP) is 6.69. The van der Waals surface area contributed by atoms with Gasteiger partial charge in [-0.05, 0) is 41.4 Å². The van der Waals surface area contributed by atoms with Gasteiger partial charge >= 0.3 is 0 Å². The molecular formula is C24H32O. The zero-order valence-electron chi connectivity index (χ0n) is 15.8. The van der Waals surface area contributed by atoms with Gasteiger partial charge in [-0.3, -0.25) is 0 Å². The number of benzene rings is 2. The van der Waals surface area contributed by atoms with Crippen LogP contribution in [0.15, 0.2) is 54.6 Å². The summed E-state index contributed by atoms with van der Waals surface area (Å²) >= 11 is 0. The van der Waals surface area contributed by atoms with Crippen molar-refractivity contribution in [2.24, 2.45) is 5.92 Å². The fourth-order valence-corrected chi connectivity index (χ4v) is 4.03. The van der Waals surface area contributed by atoms with Gasteiger partial charge in [-0.25, -0.2) is 0 Å². The van der Waals surface area contributed by atoms with Gasteiger partial charge in [0.1, 0.15) is 0 Å². The minimum atomic E-state index is 0.465. The van der Waals surface area contributed by atoms with Crippen molar-refractivity contribution in [1.82, 2.24) is 0 Å². The van der Waals surface area contributed by atoms with Crippen molar-refractivity contribution in [3.63, 3.8) is 0 Å². The van der Waals surface area contributed by atoms with Gasteiger partial charge in [-0.1, -0.05) is 87.7 Å². The van der Waals surface area contributed by atoms with E-state index in [0.717, 1.165) is 12.5 Å². The smallest absolute Gasteiger partial charge is 0.0717 e. The zero-order chi connectivity index (χ0) is 17.5. The molecule has 0 aliphatic heterocycles. The molecule has 1 aliphatic rings. The fraction of sp³-hybridized carbons (Fsp3) is 0.500. The molecule has 3 rings (SSSR count). The van der Waals surface area contributed by atoms with E-state index in [2.05, 4.69) is 68.4 Å². The second-order valence-electron chi connectivity index (χ2n) is 7.86. The fourth-order valence-electron chi connectivity index (χ4n) is 4.03. The maximum Gasteiger partial charge on any atom is 0.0717 e. The van der Waals surface area contributed by atoms with Crippen molar-refractivity contribution < 1.29 is 4.74 Å². The molecule has 0 spiro atoms. The van der Waals surface area contributed by atoms with Crippen LogP contribution in [0.4, 0.5) is 0 Å². The van der Waals surface area contributed by atoms with Gasteiger partial charge in [0.25, 0.3) is 0 Å². The van der Waals surface area contributed by atoms with E-state index in [1.807, 2.05) is 0 Å². The molecule has 2 aromatic rings. The Balaban J connectivity index is 1.65. The minimum absolute atomic E-state index is 0.465. The Hall–Kier alpha value is -1.60. The van der Waals surface area contributed by atoms with Crippen LogP contribution >= 0.6 is 0 Å². The van der Waals surface area contributed by atoms with E-state index in [4.69, 9.17) is 4.74 Å². The Morgan fingerprint density at radius 2 is 1.68 bits per heavy atom. The van der Waals surface area contributed by atoms with E-state index in [9.17, 15) is 0 Å². The van der Waals surface area contributed by atoms with Gasteiger partial charge in [0.15, 0.2) is 0 Å². The predicted molar refractivity (Wildman–Crippen MR) is 106 cm³/mol. The largest absolute Gasteiger partial charge is 0.376 e. The molecule has 1 nitrogen and oxygen atoms in total. The molecule has 0 N–H and O–H groups in total. The molecule has 0 saturated heterocycles. The van der Waals surface area contributed by atoms with Crippen molar-refractivity contribution in [3.05, 3.63) is 71.3 Å². The van der Waals surface area contributed by atoms with Crippen molar-refractivity contribution in [2.75, 3.05) is 6.61 Å². The molecule has 2 aromatic carbocycles. The first-order valence-corrected chi connectivity index (χ1v) is 9.95. The van der Waals surface area contributed by atoms with Crippen LogP contribution in [0, 0.1) is 5.92 Å². The summed E-state index contributed by atoms with van der Waals surface area (Å²) in [5.41, 5.74) is 4.25. The summed E-state index contributed by atoms with van der Waals surface area (Å²) in [6.07, 6.45) is 6.92. The summed E-state index contributed by atoms with van der Waals surface area (Å²) in [5.74, 6) is 1.82. The Kier molecular flexibility index (Phi) is 6.69. The second-order valence-corrected chi connectivity index (χ2v) is 7.86. The molecule has 1 unspecified atom stereocenters. The molecule has 1 fully saturated rings. The van der Waals surface area contributed by atoms with E-state index in [-0.39, 0.29) is 0 Å². The van der Waals surface area contributed by atoms with Crippen LogP contribution in [-0.4, -0.2) is 6.61 Å². The summed E-state index contributed by atoms with van der Waals surface area (Å²) in [6.45, 7) is 6.11. The van der Waals surface area contributed by atoms with Gasteiger partial charge in [0.2, 0.25) is 0 Å². The first-order valence-electron chi connectivity index (χ1n) is 9.95. The zero-order valence-corrected chi connectivity index (χ0v) is 15.8. The summed E-state index contributed by atoms with van der Waals surface area (Å²) < 4.78 is 6.08. The average molecular weight is 337 g/mol. The van der Waals surface area contributed by atoms with Crippen molar-refractivity contribution in [2.45, 2.75) is 64.4 Å². The average Bonchev–Trinajstić information content (AvgIpc) is 2.66. The monoisotopic (exact) mass is 336 g/mol. The summed E-state index contributed by atoms with van der Waals surface area (Å²) in [4.78, 5) is 0. The number of ether oxygens (including phenoxy) is 1. The van der Waals surface area contributed by atoms with E-state index in [1.165, 1.54) is 43.2 Å². The van der Waals surface area contributed by atoms with Crippen molar-refractivity contribution >= 4 is 0 Å². The molecule has 25 heavy (non-hydrogen) atoms. The molecule has 0 aromatic heterocycles. The van der Waals surface area contributed by atoms with Crippen LogP contribution in [0.2, 0.25) is 0 Å². The molecular weight excluding hydrogens is 304 g/mol. The lowest BCUT2D eigenvalue weighted by Crippen LogP contribution is -2.15. The first-order chi connectivity index (χ1) is 12.2. The number of hydrogen-bond donors (Lipinski definition) is 0. The second kappa shape index (κ2) is 9.20. The van der Waals surface area contributed by atoms with E-state index in [0.29, 0.717) is 18.4 Å². The van der Waals surface area contributed by atoms with E-state index >= 15 is 0 Å². The van der Waals surface area contributed by atoms with Crippen LogP contribution in [0.5, 0.6) is 0 Å². The van der Waals surface area contributed by atoms with Gasteiger partial charge in [0.05, 0.1) is 13.2 Å². The highest BCUT2D eigenvalue weighted by Gasteiger charge is 2.20. The van der Waals surface area contributed by atoms with Gasteiger partial charge < -0.3 is 4.74 Å². The summed E-state index contributed by atoms with van der Waals surface area (Å²) in [6, 6.07) is 19.8. The van der Waals surface area contributed by atoms with Crippen LogP contribution < -0.4 is 0 Å². The lowest BCUT2D eigenvalue weighted by Gasteiger charge is -2.25. The molecule has 1 aliphatic carbocycles. The minimum Gasteiger partial charge on any atom is -0.376 e. The van der Waals surface area contributed by atoms with E-state index < -0.39 is 0 Å². The van der Waals surface area contributed by atoms with Crippen molar-refractivity contribution in [3.8, 4) is 0 Å². The Morgan fingerprint density at radius 3 is 2.40 bits per heavy atom. The number of rotatable bonds is 7. The quantitative estimate of drug-likeness (QED) is 0.547. The summed E-state index contributed by atoms with van der Waals surface area (Å²) in [5, 5.41) is 0. The van der Waals surface area contributed by atoms with Gasteiger partial charge in [0, 0.05) is 5.92 Å². The van der Waals surface area contributed by atoms with Gasteiger partial charge in [-0.15, -0.1) is 0 Å². The molecule has 1 atom stereocenters. The topological polar surface area (TPSA) is 9.23 Å². The third kappa shape index (κ3) is 5.19.